The number of carbonyl (C=O) groups is 3. The molecule has 122 valence electrons. The summed E-state index contributed by atoms with van der Waals surface area (Å²) in [5.74, 6) is -1.74. The first kappa shape index (κ1) is 19.4. The standard InChI is InChI=1S/C15H28N2O4/c1-10(2)11(13(19)20)9-17-12(18)7-6-8-16-14(21)15(3,4)5/h10-11H,6-9H2,1-5H3,(H,16,21)(H,17,18)(H,19,20). The van der Waals surface area contributed by atoms with E-state index in [1.54, 1.807) is 0 Å². The van der Waals surface area contributed by atoms with E-state index in [4.69, 9.17) is 5.11 Å². The van der Waals surface area contributed by atoms with Crippen molar-refractivity contribution < 1.29 is 19.5 Å². The number of hydrogen-bond donors (Lipinski definition) is 3. The molecule has 0 saturated carbocycles. The van der Waals surface area contributed by atoms with Gasteiger partial charge in [0.1, 0.15) is 0 Å². The highest BCUT2D eigenvalue weighted by molar-refractivity contribution is 5.81. The van der Waals surface area contributed by atoms with Crippen molar-refractivity contribution in [2.45, 2.75) is 47.5 Å². The van der Waals surface area contributed by atoms with Crippen LogP contribution in [0, 0.1) is 17.3 Å². The Morgan fingerprint density at radius 3 is 2.10 bits per heavy atom. The van der Waals surface area contributed by atoms with Gasteiger partial charge in [0.2, 0.25) is 11.8 Å². The van der Waals surface area contributed by atoms with Crippen molar-refractivity contribution in [2.75, 3.05) is 13.1 Å². The number of carboxylic acids is 1. The zero-order valence-electron chi connectivity index (χ0n) is 13.7. The summed E-state index contributed by atoms with van der Waals surface area (Å²) in [5, 5.41) is 14.4. The summed E-state index contributed by atoms with van der Waals surface area (Å²) in [6.45, 7) is 9.68. The van der Waals surface area contributed by atoms with Crippen LogP contribution in [0.4, 0.5) is 0 Å². The molecule has 0 rings (SSSR count). The fourth-order valence-electron chi connectivity index (χ4n) is 1.64. The fourth-order valence-corrected chi connectivity index (χ4v) is 1.64. The molecule has 0 spiro atoms. The van der Waals surface area contributed by atoms with Gasteiger partial charge in [-0.1, -0.05) is 34.6 Å². The molecule has 0 aliphatic rings. The van der Waals surface area contributed by atoms with Crippen molar-refractivity contribution in [1.82, 2.24) is 10.6 Å². The van der Waals surface area contributed by atoms with Gasteiger partial charge in [0, 0.05) is 24.9 Å². The Labute approximate surface area is 126 Å². The first-order valence-corrected chi connectivity index (χ1v) is 7.33. The molecule has 0 fully saturated rings. The third-order valence-electron chi connectivity index (χ3n) is 3.19. The van der Waals surface area contributed by atoms with Crippen molar-refractivity contribution >= 4 is 17.8 Å². The van der Waals surface area contributed by atoms with Gasteiger partial charge in [0.15, 0.2) is 0 Å². The summed E-state index contributed by atoms with van der Waals surface area (Å²) in [5.41, 5.74) is -0.436. The lowest BCUT2D eigenvalue weighted by Crippen LogP contribution is -2.37. The van der Waals surface area contributed by atoms with Gasteiger partial charge in [-0.25, -0.2) is 0 Å². The van der Waals surface area contributed by atoms with Crippen molar-refractivity contribution in [3.8, 4) is 0 Å². The van der Waals surface area contributed by atoms with E-state index in [1.165, 1.54) is 0 Å². The van der Waals surface area contributed by atoms with Gasteiger partial charge >= 0.3 is 5.97 Å². The summed E-state index contributed by atoms with van der Waals surface area (Å²) in [4.78, 5) is 34.2. The molecule has 0 aliphatic heterocycles. The van der Waals surface area contributed by atoms with Gasteiger partial charge in [-0.15, -0.1) is 0 Å². The van der Waals surface area contributed by atoms with E-state index in [-0.39, 0.29) is 30.7 Å². The minimum atomic E-state index is -0.900. The SMILES string of the molecule is CC(C)C(CNC(=O)CCCNC(=O)C(C)(C)C)C(=O)O. The highest BCUT2D eigenvalue weighted by Gasteiger charge is 2.22. The maximum atomic E-state index is 11.6. The number of rotatable bonds is 8. The molecular weight excluding hydrogens is 272 g/mol. The van der Waals surface area contributed by atoms with E-state index in [0.717, 1.165) is 0 Å². The largest absolute Gasteiger partial charge is 0.481 e. The molecule has 0 bridgehead atoms. The van der Waals surface area contributed by atoms with E-state index in [9.17, 15) is 14.4 Å². The molecule has 6 nitrogen and oxygen atoms in total. The van der Waals surface area contributed by atoms with E-state index in [1.807, 2.05) is 34.6 Å². The third kappa shape index (κ3) is 8.32. The molecular formula is C15H28N2O4. The van der Waals surface area contributed by atoms with Gasteiger partial charge in [-0.3, -0.25) is 14.4 Å². The topological polar surface area (TPSA) is 95.5 Å². The number of nitrogens with one attached hydrogen (secondary N) is 2. The fraction of sp³-hybridized carbons (Fsp3) is 0.800. The Morgan fingerprint density at radius 2 is 1.67 bits per heavy atom. The van der Waals surface area contributed by atoms with E-state index in [0.29, 0.717) is 13.0 Å². The summed E-state index contributed by atoms with van der Waals surface area (Å²) >= 11 is 0. The van der Waals surface area contributed by atoms with Gasteiger partial charge in [0.05, 0.1) is 5.92 Å². The van der Waals surface area contributed by atoms with Crippen molar-refractivity contribution in [3.63, 3.8) is 0 Å². The van der Waals surface area contributed by atoms with Crippen LogP contribution in [0.2, 0.25) is 0 Å². The van der Waals surface area contributed by atoms with Crippen molar-refractivity contribution in [3.05, 3.63) is 0 Å². The molecule has 0 saturated heterocycles. The van der Waals surface area contributed by atoms with Gasteiger partial charge < -0.3 is 15.7 Å². The van der Waals surface area contributed by atoms with Crippen LogP contribution in [0.1, 0.15) is 47.5 Å². The predicted molar refractivity (Wildman–Crippen MR) is 80.7 cm³/mol. The summed E-state index contributed by atoms with van der Waals surface area (Å²) in [6.07, 6.45) is 0.807. The van der Waals surface area contributed by atoms with Crippen LogP contribution in [-0.4, -0.2) is 36.0 Å². The minimum absolute atomic E-state index is 0.0335. The van der Waals surface area contributed by atoms with Gasteiger partial charge in [0.25, 0.3) is 0 Å². The summed E-state index contributed by atoms with van der Waals surface area (Å²) in [7, 11) is 0. The summed E-state index contributed by atoms with van der Waals surface area (Å²) in [6, 6.07) is 0. The lowest BCUT2D eigenvalue weighted by Gasteiger charge is -2.18. The van der Waals surface area contributed by atoms with Crippen LogP contribution < -0.4 is 10.6 Å². The first-order valence-electron chi connectivity index (χ1n) is 7.33. The van der Waals surface area contributed by atoms with Crippen LogP contribution in [-0.2, 0) is 14.4 Å². The molecule has 2 amide bonds. The maximum absolute atomic E-state index is 11.6. The van der Waals surface area contributed by atoms with Gasteiger partial charge in [-0.05, 0) is 12.3 Å². The molecule has 6 heteroatoms. The molecule has 0 aliphatic carbocycles. The van der Waals surface area contributed by atoms with Crippen LogP contribution in [0.25, 0.3) is 0 Å². The van der Waals surface area contributed by atoms with Crippen LogP contribution in [0.15, 0.2) is 0 Å². The van der Waals surface area contributed by atoms with Crippen LogP contribution in [0.3, 0.4) is 0 Å². The molecule has 1 unspecified atom stereocenters. The van der Waals surface area contributed by atoms with E-state index >= 15 is 0 Å². The summed E-state index contributed by atoms with van der Waals surface area (Å²) < 4.78 is 0. The smallest absolute Gasteiger partial charge is 0.308 e. The lowest BCUT2D eigenvalue weighted by atomic mass is 9.95. The second kappa shape index (κ2) is 8.64. The van der Waals surface area contributed by atoms with Gasteiger partial charge in [-0.2, -0.15) is 0 Å². The number of carboxylic acid groups (broad SMARTS) is 1. The second-order valence-electron chi connectivity index (χ2n) is 6.60. The Hall–Kier alpha value is -1.59. The molecule has 0 aromatic carbocycles. The van der Waals surface area contributed by atoms with Crippen LogP contribution in [0.5, 0.6) is 0 Å². The van der Waals surface area contributed by atoms with Crippen LogP contribution >= 0.6 is 0 Å². The molecule has 0 aromatic rings. The second-order valence-corrected chi connectivity index (χ2v) is 6.60. The first-order chi connectivity index (χ1) is 9.55. The molecule has 0 radical (unpaired) electrons. The Bertz CT molecular complexity index is 372. The van der Waals surface area contributed by atoms with Crippen molar-refractivity contribution in [1.29, 1.82) is 0 Å². The van der Waals surface area contributed by atoms with Crippen molar-refractivity contribution in [2.24, 2.45) is 17.3 Å². The van der Waals surface area contributed by atoms with E-state index in [2.05, 4.69) is 10.6 Å². The predicted octanol–water partition coefficient (Wildman–Crippen LogP) is 1.40. The zero-order chi connectivity index (χ0) is 16.6. The minimum Gasteiger partial charge on any atom is -0.481 e. The number of aliphatic carboxylic acids is 1. The average molecular weight is 300 g/mol. The molecule has 1 atom stereocenters. The lowest BCUT2D eigenvalue weighted by molar-refractivity contribution is -0.143. The molecule has 21 heavy (non-hydrogen) atoms. The Balaban J connectivity index is 3.92. The average Bonchev–Trinajstić information content (AvgIpc) is 2.32. The monoisotopic (exact) mass is 300 g/mol. The van der Waals surface area contributed by atoms with E-state index < -0.39 is 17.3 Å². The molecule has 0 heterocycles. The normalized spacial score (nSPS) is 12.9. The Kier molecular flexibility index (Phi) is 7.99. The highest BCUT2D eigenvalue weighted by atomic mass is 16.4. The third-order valence-corrected chi connectivity index (χ3v) is 3.19. The number of hydrogen-bond acceptors (Lipinski definition) is 3. The quantitative estimate of drug-likeness (QED) is 0.590. The Morgan fingerprint density at radius 1 is 1.10 bits per heavy atom. The maximum Gasteiger partial charge on any atom is 0.308 e. The zero-order valence-corrected chi connectivity index (χ0v) is 13.7. The molecule has 0 aromatic heterocycles. The molecule has 3 N–H and O–H groups in total. The highest BCUT2D eigenvalue weighted by Crippen LogP contribution is 2.12. The number of carbonyl (C=O) groups excluding carboxylic acids is 2. The number of amides is 2.